The summed E-state index contributed by atoms with van der Waals surface area (Å²) in [6.07, 6.45) is 2.74. The standard InChI is InChI=1S/C16H23N3O/c1-10(2)7-13(17)16-18-9-14(19-16)12-8-11(3)5-6-15(12)20-4/h5-6,8-10,13H,7,17H2,1-4H3,(H,18,19). The highest BCUT2D eigenvalue weighted by Gasteiger charge is 2.14. The second-order valence-electron chi connectivity index (χ2n) is 5.62. The molecule has 4 nitrogen and oxygen atoms in total. The summed E-state index contributed by atoms with van der Waals surface area (Å²) in [5.74, 6) is 2.22. The first kappa shape index (κ1) is 14.6. The lowest BCUT2D eigenvalue weighted by molar-refractivity contribution is 0.416. The first-order chi connectivity index (χ1) is 9.51. The van der Waals surface area contributed by atoms with Gasteiger partial charge < -0.3 is 15.5 Å². The van der Waals surface area contributed by atoms with E-state index in [2.05, 4.69) is 36.8 Å². The highest BCUT2D eigenvalue weighted by molar-refractivity contribution is 5.67. The van der Waals surface area contributed by atoms with E-state index in [4.69, 9.17) is 10.5 Å². The first-order valence-corrected chi connectivity index (χ1v) is 6.96. The van der Waals surface area contributed by atoms with Crippen LogP contribution in [0.3, 0.4) is 0 Å². The van der Waals surface area contributed by atoms with E-state index in [1.165, 1.54) is 5.56 Å². The fourth-order valence-corrected chi connectivity index (χ4v) is 2.31. The predicted octanol–water partition coefficient (Wildman–Crippen LogP) is 3.44. The van der Waals surface area contributed by atoms with Gasteiger partial charge in [0, 0.05) is 5.56 Å². The Balaban J connectivity index is 2.31. The summed E-state index contributed by atoms with van der Waals surface area (Å²) in [4.78, 5) is 7.73. The topological polar surface area (TPSA) is 63.9 Å². The molecular weight excluding hydrogens is 250 g/mol. The zero-order valence-corrected chi connectivity index (χ0v) is 12.6. The fraction of sp³-hybridized carbons (Fsp3) is 0.438. The van der Waals surface area contributed by atoms with Crippen molar-refractivity contribution in [2.24, 2.45) is 11.7 Å². The number of aromatic nitrogens is 2. The molecule has 0 radical (unpaired) electrons. The monoisotopic (exact) mass is 273 g/mol. The van der Waals surface area contributed by atoms with Crippen molar-refractivity contribution < 1.29 is 4.74 Å². The molecule has 20 heavy (non-hydrogen) atoms. The molecule has 1 aromatic carbocycles. The Morgan fingerprint density at radius 1 is 1.35 bits per heavy atom. The maximum absolute atomic E-state index is 6.16. The Hall–Kier alpha value is -1.81. The van der Waals surface area contributed by atoms with E-state index in [1.807, 2.05) is 18.3 Å². The highest BCUT2D eigenvalue weighted by atomic mass is 16.5. The van der Waals surface area contributed by atoms with E-state index < -0.39 is 0 Å². The summed E-state index contributed by atoms with van der Waals surface area (Å²) >= 11 is 0. The Morgan fingerprint density at radius 3 is 2.75 bits per heavy atom. The van der Waals surface area contributed by atoms with Crippen molar-refractivity contribution in [2.75, 3.05) is 7.11 Å². The van der Waals surface area contributed by atoms with Gasteiger partial charge >= 0.3 is 0 Å². The van der Waals surface area contributed by atoms with Gasteiger partial charge in [-0.1, -0.05) is 25.5 Å². The van der Waals surface area contributed by atoms with Crippen LogP contribution in [0.5, 0.6) is 5.75 Å². The first-order valence-electron chi connectivity index (χ1n) is 6.96. The highest BCUT2D eigenvalue weighted by Crippen LogP contribution is 2.30. The summed E-state index contributed by atoms with van der Waals surface area (Å²) in [5, 5.41) is 0. The molecule has 0 bridgehead atoms. The number of nitrogens with zero attached hydrogens (tertiary/aromatic N) is 1. The van der Waals surface area contributed by atoms with Gasteiger partial charge in [-0.15, -0.1) is 0 Å². The van der Waals surface area contributed by atoms with Crippen molar-refractivity contribution in [3.05, 3.63) is 35.8 Å². The molecule has 0 aliphatic rings. The van der Waals surface area contributed by atoms with E-state index >= 15 is 0 Å². The van der Waals surface area contributed by atoms with Crippen molar-refractivity contribution in [2.45, 2.75) is 33.2 Å². The van der Waals surface area contributed by atoms with E-state index in [-0.39, 0.29) is 6.04 Å². The molecule has 0 fully saturated rings. The third kappa shape index (κ3) is 3.20. The Bertz CT molecular complexity index is 575. The molecule has 0 amide bonds. The molecule has 0 saturated heterocycles. The summed E-state index contributed by atoms with van der Waals surface area (Å²) < 4.78 is 5.41. The predicted molar refractivity (Wildman–Crippen MR) is 81.7 cm³/mol. The Labute approximate surface area is 120 Å². The second kappa shape index (κ2) is 6.09. The Kier molecular flexibility index (Phi) is 4.45. The number of aryl methyl sites for hydroxylation is 1. The molecule has 1 atom stereocenters. The van der Waals surface area contributed by atoms with Gasteiger partial charge in [-0.25, -0.2) is 4.98 Å². The van der Waals surface area contributed by atoms with Crippen molar-refractivity contribution in [1.29, 1.82) is 0 Å². The Morgan fingerprint density at radius 2 is 2.10 bits per heavy atom. The van der Waals surface area contributed by atoms with Crippen LogP contribution < -0.4 is 10.5 Å². The molecule has 108 valence electrons. The molecule has 3 N–H and O–H groups in total. The van der Waals surface area contributed by atoms with Crippen LogP contribution in [-0.2, 0) is 0 Å². The number of hydrogen-bond donors (Lipinski definition) is 2. The van der Waals surface area contributed by atoms with E-state index in [0.29, 0.717) is 5.92 Å². The van der Waals surface area contributed by atoms with Gasteiger partial charge in [-0.2, -0.15) is 0 Å². The third-order valence-corrected chi connectivity index (χ3v) is 3.32. The van der Waals surface area contributed by atoms with Gasteiger partial charge in [0.1, 0.15) is 11.6 Å². The number of H-pyrrole nitrogens is 1. The van der Waals surface area contributed by atoms with Gasteiger partial charge in [0.05, 0.1) is 25.0 Å². The molecule has 0 aliphatic carbocycles. The summed E-state index contributed by atoms with van der Waals surface area (Å²) in [7, 11) is 1.68. The molecular formula is C16H23N3O. The smallest absolute Gasteiger partial charge is 0.128 e. The van der Waals surface area contributed by atoms with Crippen LogP contribution in [-0.4, -0.2) is 17.1 Å². The van der Waals surface area contributed by atoms with Gasteiger partial charge in [-0.05, 0) is 31.4 Å². The summed E-state index contributed by atoms with van der Waals surface area (Å²) in [5.41, 5.74) is 9.31. The van der Waals surface area contributed by atoms with Crippen LogP contribution in [0, 0.1) is 12.8 Å². The van der Waals surface area contributed by atoms with Crippen molar-refractivity contribution in [3.8, 4) is 17.0 Å². The number of rotatable bonds is 5. The number of ether oxygens (including phenoxy) is 1. The zero-order chi connectivity index (χ0) is 14.7. The molecule has 2 aromatic rings. The lowest BCUT2D eigenvalue weighted by atomic mass is 10.0. The van der Waals surface area contributed by atoms with Crippen LogP contribution in [0.2, 0.25) is 0 Å². The van der Waals surface area contributed by atoms with Gasteiger partial charge in [-0.3, -0.25) is 0 Å². The summed E-state index contributed by atoms with van der Waals surface area (Å²) in [6, 6.07) is 6.03. The van der Waals surface area contributed by atoms with E-state index in [9.17, 15) is 0 Å². The lowest BCUT2D eigenvalue weighted by Gasteiger charge is -2.11. The minimum atomic E-state index is -0.0560. The molecule has 0 saturated carbocycles. The quantitative estimate of drug-likeness (QED) is 0.877. The van der Waals surface area contributed by atoms with Crippen LogP contribution >= 0.6 is 0 Å². The maximum Gasteiger partial charge on any atom is 0.128 e. The molecule has 2 rings (SSSR count). The number of nitrogens with one attached hydrogen (secondary N) is 1. The zero-order valence-electron chi connectivity index (χ0n) is 12.6. The average Bonchev–Trinajstić information content (AvgIpc) is 2.87. The lowest BCUT2D eigenvalue weighted by Crippen LogP contribution is -2.14. The second-order valence-corrected chi connectivity index (χ2v) is 5.62. The molecule has 0 aliphatic heterocycles. The van der Waals surface area contributed by atoms with Crippen molar-refractivity contribution in [1.82, 2.24) is 9.97 Å². The molecule has 1 aromatic heterocycles. The van der Waals surface area contributed by atoms with Crippen molar-refractivity contribution >= 4 is 0 Å². The average molecular weight is 273 g/mol. The molecule has 4 heteroatoms. The fourth-order valence-electron chi connectivity index (χ4n) is 2.31. The van der Waals surface area contributed by atoms with Crippen LogP contribution in [0.1, 0.15) is 37.7 Å². The SMILES string of the molecule is COc1ccc(C)cc1-c1cnc(C(N)CC(C)C)[nH]1. The number of aromatic amines is 1. The molecule has 0 spiro atoms. The number of benzene rings is 1. The van der Waals surface area contributed by atoms with Gasteiger partial charge in [0.25, 0.3) is 0 Å². The minimum absolute atomic E-state index is 0.0560. The van der Waals surface area contributed by atoms with Crippen molar-refractivity contribution in [3.63, 3.8) is 0 Å². The number of nitrogens with two attached hydrogens (primary N) is 1. The van der Waals surface area contributed by atoms with Crippen LogP contribution in [0.15, 0.2) is 24.4 Å². The third-order valence-electron chi connectivity index (χ3n) is 3.32. The molecule has 1 unspecified atom stereocenters. The number of hydrogen-bond acceptors (Lipinski definition) is 3. The van der Waals surface area contributed by atoms with E-state index in [1.54, 1.807) is 7.11 Å². The van der Waals surface area contributed by atoms with Gasteiger partial charge in [0.15, 0.2) is 0 Å². The van der Waals surface area contributed by atoms with E-state index in [0.717, 1.165) is 29.3 Å². The number of methoxy groups -OCH3 is 1. The van der Waals surface area contributed by atoms with Crippen LogP contribution in [0.4, 0.5) is 0 Å². The maximum atomic E-state index is 6.16. The van der Waals surface area contributed by atoms with Gasteiger partial charge in [0.2, 0.25) is 0 Å². The molecule has 1 heterocycles. The van der Waals surface area contributed by atoms with Crippen LogP contribution in [0.25, 0.3) is 11.3 Å². The number of imidazole rings is 1. The minimum Gasteiger partial charge on any atom is -0.496 e. The largest absolute Gasteiger partial charge is 0.496 e. The summed E-state index contributed by atoms with van der Waals surface area (Å²) in [6.45, 7) is 6.38. The normalized spacial score (nSPS) is 12.7.